The summed E-state index contributed by atoms with van der Waals surface area (Å²) >= 11 is 3.13. The normalized spacial score (nSPS) is 14.7. The first-order chi connectivity index (χ1) is 7.99. The summed E-state index contributed by atoms with van der Waals surface area (Å²) in [5.41, 5.74) is 5.45. The molecule has 1 aliphatic carbocycles. The van der Waals surface area contributed by atoms with E-state index in [1.807, 2.05) is 0 Å². The maximum atomic E-state index is 11.9. The lowest BCUT2D eigenvalue weighted by Gasteiger charge is -2.17. The third-order valence-corrected chi connectivity index (χ3v) is 3.43. The molecule has 1 fully saturated rings. The standard InChI is InChI=1S/C11H14BrN3O2/c1-14(7-2-3-7)10(16)6-15-4-8(12)11(17)9(13)5-15/h4-5,7H,2-3,6,13H2,1H3. The topological polar surface area (TPSA) is 68.3 Å². The molecule has 0 radical (unpaired) electrons. The van der Waals surface area contributed by atoms with Gasteiger partial charge in [-0.15, -0.1) is 0 Å². The lowest BCUT2D eigenvalue weighted by Crippen LogP contribution is -2.32. The van der Waals surface area contributed by atoms with Crippen LogP contribution in [0.4, 0.5) is 5.69 Å². The number of carbonyl (C=O) groups is 1. The summed E-state index contributed by atoms with van der Waals surface area (Å²) in [6.45, 7) is 0.204. The van der Waals surface area contributed by atoms with Crippen molar-refractivity contribution < 1.29 is 4.79 Å². The second kappa shape index (κ2) is 4.52. The lowest BCUT2D eigenvalue weighted by atomic mass is 10.4. The monoisotopic (exact) mass is 299 g/mol. The molecular weight excluding hydrogens is 286 g/mol. The van der Waals surface area contributed by atoms with Crippen LogP contribution in [0.5, 0.6) is 0 Å². The Morgan fingerprint density at radius 2 is 2.24 bits per heavy atom. The van der Waals surface area contributed by atoms with Gasteiger partial charge in [-0.25, -0.2) is 0 Å². The van der Waals surface area contributed by atoms with Crippen molar-refractivity contribution in [1.29, 1.82) is 0 Å². The fraction of sp³-hybridized carbons (Fsp3) is 0.455. The quantitative estimate of drug-likeness (QED) is 0.898. The Morgan fingerprint density at radius 1 is 1.59 bits per heavy atom. The molecule has 2 rings (SSSR count). The van der Waals surface area contributed by atoms with Crippen LogP contribution in [0.1, 0.15) is 12.8 Å². The van der Waals surface area contributed by atoms with Gasteiger partial charge in [0.1, 0.15) is 6.54 Å². The molecule has 0 spiro atoms. The first-order valence-electron chi connectivity index (χ1n) is 5.39. The van der Waals surface area contributed by atoms with Crippen LogP contribution in [-0.2, 0) is 11.3 Å². The number of aromatic nitrogens is 1. The second-order valence-electron chi connectivity index (χ2n) is 4.30. The molecule has 1 aromatic heterocycles. The number of nitrogen functional groups attached to an aromatic ring is 1. The third-order valence-electron chi connectivity index (χ3n) is 2.87. The molecule has 0 bridgehead atoms. The minimum Gasteiger partial charge on any atom is -0.394 e. The van der Waals surface area contributed by atoms with Crippen molar-refractivity contribution >= 4 is 27.5 Å². The van der Waals surface area contributed by atoms with E-state index < -0.39 is 0 Å². The van der Waals surface area contributed by atoms with Gasteiger partial charge in [0, 0.05) is 25.5 Å². The van der Waals surface area contributed by atoms with Crippen molar-refractivity contribution in [1.82, 2.24) is 9.47 Å². The van der Waals surface area contributed by atoms with Gasteiger partial charge in [0.25, 0.3) is 0 Å². The number of hydrogen-bond donors (Lipinski definition) is 1. The Balaban J connectivity index is 2.13. The molecular formula is C11H14BrN3O2. The summed E-state index contributed by atoms with van der Waals surface area (Å²) < 4.78 is 2.00. The molecule has 92 valence electrons. The van der Waals surface area contributed by atoms with Crippen LogP contribution in [0.3, 0.4) is 0 Å². The number of amides is 1. The minimum atomic E-state index is -0.246. The smallest absolute Gasteiger partial charge is 0.242 e. The largest absolute Gasteiger partial charge is 0.394 e. The van der Waals surface area contributed by atoms with Gasteiger partial charge < -0.3 is 15.2 Å². The Morgan fingerprint density at radius 3 is 2.76 bits per heavy atom. The Hall–Kier alpha value is -1.30. The summed E-state index contributed by atoms with van der Waals surface area (Å²) in [7, 11) is 1.81. The van der Waals surface area contributed by atoms with Crippen molar-refractivity contribution in [2.24, 2.45) is 0 Å². The van der Waals surface area contributed by atoms with Gasteiger partial charge in [0.05, 0.1) is 10.2 Å². The van der Waals surface area contributed by atoms with E-state index in [2.05, 4.69) is 15.9 Å². The number of nitrogens with zero attached hydrogens (tertiary/aromatic N) is 2. The van der Waals surface area contributed by atoms with Crippen LogP contribution in [-0.4, -0.2) is 28.5 Å². The number of carbonyl (C=O) groups excluding carboxylic acids is 1. The molecule has 0 atom stereocenters. The summed E-state index contributed by atoms with van der Waals surface area (Å²) in [5, 5.41) is 0. The first kappa shape index (κ1) is 12.2. The van der Waals surface area contributed by atoms with Gasteiger partial charge in [-0.3, -0.25) is 9.59 Å². The molecule has 5 nitrogen and oxygen atoms in total. The zero-order valence-electron chi connectivity index (χ0n) is 9.52. The van der Waals surface area contributed by atoms with Crippen LogP contribution < -0.4 is 11.2 Å². The predicted octanol–water partition coefficient (Wildman–Crippen LogP) is 0.814. The Labute approximate surface area is 107 Å². The first-order valence-corrected chi connectivity index (χ1v) is 6.19. The van der Waals surface area contributed by atoms with Gasteiger partial charge in [0.2, 0.25) is 11.3 Å². The third kappa shape index (κ3) is 2.69. The SMILES string of the molecule is CN(C(=O)Cn1cc(N)c(=O)c(Br)c1)C1CC1. The molecule has 0 saturated heterocycles. The highest BCUT2D eigenvalue weighted by Crippen LogP contribution is 2.25. The van der Waals surface area contributed by atoms with Crippen LogP contribution >= 0.6 is 15.9 Å². The highest BCUT2D eigenvalue weighted by Gasteiger charge is 2.29. The van der Waals surface area contributed by atoms with Crippen molar-refractivity contribution in [2.75, 3.05) is 12.8 Å². The molecule has 2 N–H and O–H groups in total. The summed E-state index contributed by atoms with van der Waals surface area (Å²) in [5.74, 6) is 0.0300. The Kier molecular flexibility index (Phi) is 3.24. The minimum absolute atomic E-state index is 0.0300. The number of nitrogens with two attached hydrogens (primary N) is 1. The maximum Gasteiger partial charge on any atom is 0.242 e. The number of hydrogen-bond acceptors (Lipinski definition) is 3. The predicted molar refractivity (Wildman–Crippen MR) is 68.6 cm³/mol. The van der Waals surface area contributed by atoms with E-state index in [4.69, 9.17) is 5.73 Å². The van der Waals surface area contributed by atoms with E-state index in [1.165, 1.54) is 6.20 Å². The van der Waals surface area contributed by atoms with E-state index in [1.54, 1.807) is 22.7 Å². The number of anilines is 1. The van der Waals surface area contributed by atoms with Crippen LogP contribution in [0.2, 0.25) is 0 Å². The second-order valence-corrected chi connectivity index (χ2v) is 5.15. The van der Waals surface area contributed by atoms with E-state index in [0.717, 1.165) is 12.8 Å². The molecule has 0 aliphatic heterocycles. The van der Waals surface area contributed by atoms with E-state index in [9.17, 15) is 9.59 Å². The fourth-order valence-corrected chi connectivity index (χ4v) is 2.13. The Bertz CT molecular complexity index is 482. The van der Waals surface area contributed by atoms with Crippen molar-refractivity contribution in [3.05, 3.63) is 27.1 Å². The summed E-state index contributed by atoms with van der Waals surface area (Å²) in [4.78, 5) is 25.0. The lowest BCUT2D eigenvalue weighted by molar-refractivity contribution is -0.131. The van der Waals surface area contributed by atoms with E-state index in [0.29, 0.717) is 10.5 Å². The molecule has 17 heavy (non-hydrogen) atoms. The fourth-order valence-electron chi connectivity index (χ4n) is 1.64. The highest BCUT2D eigenvalue weighted by atomic mass is 79.9. The molecule has 1 saturated carbocycles. The molecule has 1 amide bonds. The highest BCUT2D eigenvalue weighted by molar-refractivity contribution is 9.10. The van der Waals surface area contributed by atoms with Crippen molar-refractivity contribution in [3.63, 3.8) is 0 Å². The van der Waals surface area contributed by atoms with Gasteiger partial charge in [-0.1, -0.05) is 0 Å². The zero-order valence-corrected chi connectivity index (χ0v) is 11.1. The van der Waals surface area contributed by atoms with E-state index in [-0.39, 0.29) is 23.6 Å². The van der Waals surface area contributed by atoms with E-state index >= 15 is 0 Å². The zero-order chi connectivity index (χ0) is 12.6. The van der Waals surface area contributed by atoms with Gasteiger partial charge in [-0.05, 0) is 28.8 Å². The molecule has 0 aromatic carbocycles. The van der Waals surface area contributed by atoms with Crippen molar-refractivity contribution in [3.8, 4) is 0 Å². The molecule has 6 heteroatoms. The average molecular weight is 300 g/mol. The molecule has 1 aromatic rings. The number of pyridine rings is 1. The molecule has 0 unspecified atom stereocenters. The molecule has 1 heterocycles. The van der Waals surface area contributed by atoms with Gasteiger partial charge in [0.15, 0.2) is 0 Å². The number of likely N-dealkylation sites (N-methyl/N-ethyl adjacent to an activating group) is 1. The average Bonchev–Trinajstić information content (AvgIpc) is 3.08. The maximum absolute atomic E-state index is 11.9. The summed E-state index contributed by atoms with van der Waals surface area (Å²) in [6, 6.07) is 0.391. The number of halogens is 1. The van der Waals surface area contributed by atoms with Gasteiger partial charge >= 0.3 is 0 Å². The van der Waals surface area contributed by atoms with Crippen molar-refractivity contribution in [2.45, 2.75) is 25.4 Å². The van der Waals surface area contributed by atoms with Crippen LogP contribution in [0.15, 0.2) is 21.7 Å². The summed E-state index contributed by atoms with van der Waals surface area (Å²) in [6.07, 6.45) is 5.24. The van der Waals surface area contributed by atoms with Gasteiger partial charge in [-0.2, -0.15) is 0 Å². The van der Waals surface area contributed by atoms with Crippen LogP contribution in [0.25, 0.3) is 0 Å². The number of rotatable bonds is 3. The molecule has 1 aliphatic rings. The van der Waals surface area contributed by atoms with Crippen LogP contribution in [0, 0.1) is 0 Å².